The number of anilines is 2. The van der Waals surface area contributed by atoms with Crippen molar-refractivity contribution in [2.24, 2.45) is 0 Å². The van der Waals surface area contributed by atoms with Gasteiger partial charge in [0.25, 0.3) is 11.8 Å². The average Bonchev–Trinajstić information content (AvgIpc) is 3.30. The third-order valence-electron chi connectivity index (χ3n) is 6.05. The first kappa shape index (κ1) is 27.2. The second-order valence-corrected chi connectivity index (χ2v) is 11.0. The van der Waals surface area contributed by atoms with E-state index in [0.29, 0.717) is 34.9 Å². The second-order valence-electron chi connectivity index (χ2n) is 9.32. The first-order chi connectivity index (χ1) is 18.1. The van der Waals surface area contributed by atoms with Crippen LogP contribution >= 0.6 is 0 Å². The maximum absolute atomic E-state index is 13.1. The number of aryl methyl sites for hydroxylation is 1. The van der Waals surface area contributed by atoms with E-state index in [9.17, 15) is 18.0 Å². The minimum Gasteiger partial charge on any atom is -0.497 e. The summed E-state index contributed by atoms with van der Waals surface area (Å²) in [7, 11) is -2.05. The molecule has 3 aromatic carbocycles. The van der Waals surface area contributed by atoms with Crippen LogP contribution in [0.25, 0.3) is 0 Å². The van der Waals surface area contributed by atoms with Crippen LogP contribution < -0.4 is 24.4 Å². The van der Waals surface area contributed by atoms with Gasteiger partial charge in [-0.15, -0.1) is 0 Å². The van der Waals surface area contributed by atoms with Gasteiger partial charge in [0.1, 0.15) is 11.5 Å². The van der Waals surface area contributed by atoms with Crippen LogP contribution in [0.4, 0.5) is 11.4 Å². The number of methoxy groups -OCH3 is 1. The summed E-state index contributed by atoms with van der Waals surface area (Å²) in [5.41, 5.74) is 3.47. The molecular weight excluding hydrogens is 506 g/mol. The van der Waals surface area contributed by atoms with E-state index in [4.69, 9.17) is 9.47 Å². The summed E-state index contributed by atoms with van der Waals surface area (Å²) in [6, 6.07) is 16.7. The topological polar surface area (TPSA) is 114 Å². The van der Waals surface area contributed by atoms with Crippen LogP contribution in [0.1, 0.15) is 35.3 Å². The Labute approximate surface area is 222 Å². The van der Waals surface area contributed by atoms with Crippen LogP contribution in [-0.2, 0) is 21.2 Å². The molecule has 3 aromatic rings. The van der Waals surface area contributed by atoms with Gasteiger partial charge < -0.3 is 19.7 Å². The van der Waals surface area contributed by atoms with Gasteiger partial charge in [0.2, 0.25) is 10.0 Å². The molecule has 0 aliphatic carbocycles. The quantitative estimate of drug-likeness (QED) is 0.428. The average molecular weight is 538 g/mol. The first-order valence-corrected chi connectivity index (χ1v) is 13.7. The molecule has 2 N–H and O–H groups in total. The molecule has 38 heavy (non-hydrogen) atoms. The highest BCUT2D eigenvalue weighted by atomic mass is 32.2. The Morgan fingerprint density at radius 1 is 1.03 bits per heavy atom. The fourth-order valence-corrected chi connectivity index (χ4v) is 5.56. The summed E-state index contributed by atoms with van der Waals surface area (Å²) >= 11 is 0. The third kappa shape index (κ3) is 6.15. The van der Waals surface area contributed by atoms with Crippen molar-refractivity contribution in [2.75, 3.05) is 30.5 Å². The predicted molar refractivity (Wildman–Crippen MR) is 146 cm³/mol. The van der Waals surface area contributed by atoms with Gasteiger partial charge in [-0.05, 0) is 92.9 Å². The number of sulfonamides is 1. The smallest absolute Gasteiger partial charge is 0.262 e. The van der Waals surface area contributed by atoms with Crippen LogP contribution in [0.3, 0.4) is 0 Å². The largest absolute Gasteiger partial charge is 0.497 e. The van der Waals surface area contributed by atoms with Gasteiger partial charge in [-0.1, -0.05) is 6.07 Å². The highest BCUT2D eigenvalue weighted by molar-refractivity contribution is 7.89. The highest BCUT2D eigenvalue weighted by Crippen LogP contribution is 2.32. The summed E-state index contributed by atoms with van der Waals surface area (Å²) in [4.78, 5) is 27.6. The van der Waals surface area contributed by atoms with E-state index < -0.39 is 10.0 Å². The summed E-state index contributed by atoms with van der Waals surface area (Å²) in [5, 5.41) is 2.81. The lowest BCUT2D eigenvalue weighted by Gasteiger charge is -2.18. The predicted octanol–water partition coefficient (Wildman–Crippen LogP) is 3.91. The third-order valence-corrected chi connectivity index (χ3v) is 7.71. The number of rotatable bonds is 9. The van der Waals surface area contributed by atoms with Crippen LogP contribution in [0, 0.1) is 6.92 Å². The van der Waals surface area contributed by atoms with E-state index in [0.717, 1.165) is 17.7 Å². The van der Waals surface area contributed by atoms with Crippen molar-refractivity contribution in [1.82, 2.24) is 4.72 Å². The Morgan fingerprint density at radius 3 is 2.42 bits per heavy atom. The molecule has 0 atom stereocenters. The Balaban J connectivity index is 1.40. The SMILES string of the molecule is COc1ccc(C(=O)N2CCc3ccc(NC(=O)COc4ccc(S(=O)(=O)NC(C)C)cc4C)cc32)cc1. The molecule has 9 nitrogen and oxygen atoms in total. The summed E-state index contributed by atoms with van der Waals surface area (Å²) in [5.74, 6) is 0.583. The molecule has 0 aromatic heterocycles. The zero-order chi connectivity index (χ0) is 27.4. The van der Waals surface area contributed by atoms with Crippen LogP contribution in [-0.4, -0.2) is 46.5 Å². The van der Waals surface area contributed by atoms with E-state index in [1.54, 1.807) is 69.2 Å². The fourth-order valence-electron chi connectivity index (χ4n) is 4.23. The normalized spacial score (nSPS) is 12.8. The van der Waals surface area contributed by atoms with Gasteiger partial charge in [-0.3, -0.25) is 9.59 Å². The molecule has 0 saturated heterocycles. The number of benzene rings is 3. The lowest BCUT2D eigenvalue weighted by Crippen LogP contribution is -2.30. The van der Waals surface area contributed by atoms with Crippen LogP contribution in [0.5, 0.6) is 11.5 Å². The number of nitrogens with zero attached hydrogens (tertiary/aromatic N) is 1. The highest BCUT2D eigenvalue weighted by Gasteiger charge is 2.26. The van der Waals surface area contributed by atoms with Crippen molar-refractivity contribution in [3.05, 3.63) is 77.4 Å². The first-order valence-electron chi connectivity index (χ1n) is 12.2. The van der Waals surface area contributed by atoms with Gasteiger partial charge in [0.15, 0.2) is 6.61 Å². The lowest BCUT2D eigenvalue weighted by atomic mass is 10.1. The minimum absolute atomic E-state index is 0.122. The van der Waals surface area contributed by atoms with Crippen molar-refractivity contribution < 1.29 is 27.5 Å². The maximum atomic E-state index is 13.1. The van der Waals surface area contributed by atoms with E-state index in [-0.39, 0.29) is 29.4 Å². The Morgan fingerprint density at radius 2 is 1.76 bits per heavy atom. The number of ether oxygens (including phenoxy) is 2. The molecule has 1 aliphatic heterocycles. The molecule has 0 fully saturated rings. The summed E-state index contributed by atoms with van der Waals surface area (Å²) < 4.78 is 38.1. The van der Waals surface area contributed by atoms with Crippen molar-refractivity contribution in [2.45, 2.75) is 38.1 Å². The van der Waals surface area contributed by atoms with E-state index in [2.05, 4.69) is 10.0 Å². The fraction of sp³-hybridized carbons (Fsp3) is 0.286. The summed E-state index contributed by atoms with van der Waals surface area (Å²) in [6.45, 7) is 5.51. The molecule has 0 bridgehead atoms. The number of nitrogens with one attached hydrogen (secondary N) is 2. The molecule has 10 heteroatoms. The zero-order valence-electron chi connectivity index (χ0n) is 21.8. The number of carbonyl (C=O) groups is 2. The van der Waals surface area contributed by atoms with Gasteiger partial charge in [-0.25, -0.2) is 13.1 Å². The minimum atomic E-state index is -3.63. The van der Waals surface area contributed by atoms with Crippen molar-refractivity contribution in [3.63, 3.8) is 0 Å². The number of hydrogen-bond acceptors (Lipinski definition) is 6. The molecule has 0 saturated carbocycles. The molecule has 4 rings (SSSR count). The van der Waals surface area contributed by atoms with E-state index >= 15 is 0 Å². The standard InChI is InChI=1S/C28H31N3O6S/c1-18(2)30-38(34,35)24-11-12-26(19(3)15-24)37-17-27(32)29-22-8-5-20-13-14-31(25(20)16-22)28(33)21-6-9-23(36-4)10-7-21/h5-12,15-16,18,30H,13-14,17H2,1-4H3,(H,29,32). The number of hydrogen-bond donors (Lipinski definition) is 2. The van der Waals surface area contributed by atoms with Crippen molar-refractivity contribution >= 4 is 33.2 Å². The van der Waals surface area contributed by atoms with Crippen LogP contribution in [0.15, 0.2) is 65.6 Å². The van der Waals surface area contributed by atoms with Gasteiger partial charge in [0, 0.05) is 29.5 Å². The summed E-state index contributed by atoms with van der Waals surface area (Å²) in [6.07, 6.45) is 0.728. The van der Waals surface area contributed by atoms with Crippen molar-refractivity contribution in [1.29, 1.82) is 0 Å². The van der Waals surface area contributed by atoms with Crippen LogP contribution in [0.2, 0.25) is 0 Å². The number of amides is 2. The molecule has 0 radical (unpaired) electrons. The Hall–Kier alpha value is -3.89. The van der Waals surface area contributed by atoms with Gasteiger partial charge >= 0.3 is 0 Å². The molecule has 2 amide bonds. The Bertz CT molecular complexity index is 1450. The van der Waals surface area contributed by atoms with Crippen molar-refractivity contribution in [3.8, 4) is 11.5 Å². The second kappa shape index (κ2) is 11.2. The zero-order valence-corrected chi connectivity index (χ0v) is 22.6. The molecule has 1 aliphatic rings. The maximum Gasteiger partial charge on any atom is 0.262 e. The van der Waals surface area contributed by atoms with E-state index in [1.165, 1.54) is 18.2 Å². The molecule has 1 heterocycles. The van der Waals surface area contributed by atoms with Gasteiger partial charge in [0.05, 0.1) is 12.0 Å². The molecular formula is C28H31N3O6S. The molecule has 0 unspecified atom stereocenters. The van der Waals surface area contributed by atoms with Gasteiger partial charge in [-0.2, -0.15) is 0 Å². The van der Waals surface area contributed by atoms with E-state index in [1.807, 2.05) is 6.07 Å². The number of fused-ring (bicyclic) bond motifs is 1. The molecule has 200 valence electrons. The molecule has 0 spiro atoms. The number of carbonyl (C=O) groups excluding carboxylic acids is 2. The Kier molecular flexibility index (Phi) is 8.03. The monoisotopic (exact) mass is 537 g/mol. The lowest BCUT2D eigenvalue weighted by molar-refractivity contribution is -0.118.